The number of hydrogen-bond acceptors (Lipinski definition) is 0. The number of rotatable bonds is 3. The Bertz CT molecular complexity index is 518. The maximum Gasteiger partial charge on any atom is 0.130 e. The molecule has 4 heteroatoms. The smallest absolute Gasteiger partial charge is 0.130 e. The minimum atomic E-state index is -0.519. The van der Waals surface area contributed by atoms with Crippen LogP contribution >= 0.6 is 31.9 Å². The van der Waals surface area contributed by atoms with Crippen LogP contribution in [-0.4, -0.2) is 0 Å². The average Bonchev–Trinajstić information content (AvgIpc) is 2.32. The van der Waals surface area contributed by atoms with Crippen molar-refractivity contribution in [2.45, 2.75) is 11.2 Å². The summed E-state index contributed by atoms with van der Waals surface area (Å²) in [5.41, 5.74) is 1.10. The molecular formula is C14H10Br2F2. The zero-order valence-electron chi connectivity index (χ0n) is 9.34. The Balaban J connectivity index is 2.22. The lowest BCUT2D eigenvalue weighted by atomic mass is 10.0. The van der Waals surface area contributed by atoms with Gasteiger partial charge in [0.05, 0.1) is 0 Å². The van der Waals surface area contributed by atoms with Crippen molar-refractivity contribution in [2.75, 3.05) is 0 Å². The summed E-state index contributed by atoms with van der Waals surface area (Å²) in [7, 11) is 0. The first kappa shape index (κ1) is 13.7. The lowest BCUT2D eigenvalue weighted by Gasteiger charge is -2.12. The number of halogens is 4. The van der Waals surface area contributed by atoms with E-state index in [4.69, 9.17) is 0 Å². The molecule has 0 aliphatic heterocycles. The molecule has 2 aromatic rings. The summed E-state index contributed by atoms with van der Waals surface area (Å²) in [6.45, 7) is 0. The van der Waals surface area contributed by atoms with Crippen LogP contribution in [0.4, 0.5) is 8.78 Å². The van der Waals surface area contributed by atoms with Gasteiger partial charge in [0.15, 0.2) is 0 Å². The summed E-state index contributed by atoms with van der Waals surface area (Å²) in [4.78, 5) is -0.375. The van der Waals surface area contributed by atoms with Gasteiger partial charge in [-0.1, -0.05) is 50.1 Å². The monoisotopic (exact) mass is 374 g/mol. The molecule has 0 N–H and O–H groups in total. The number of alkyl halides is 1. The predicted molar refractivity (Wildman–Crippen MR) is 75.9 cm³/mol. The third kappa shape index (κ3) is 3.18. The first-order chi connectivity index (χ1) is 8.58. The van der Waals surface area contributed by atoms with Crippen LogP contribution in [0.2, 0.25) is 0 Å². The fourth-order valence-electron chi connectivity index (χ4n) is 1.74. The molecule has 0 fully saturated rings. The molecule has 1 atom stereocenters. The van der Waals surface area contributed by atoms with Gasteiger partial charge in [-0.25, -0.2) is 8.78 Å². The molecule has 0 aromatic heterocycles. The molecule has 0 heterocycles. The zero-order chi connectivity index (χ0) is 13.1. The molecule has 0 aliphatic carbocycles. The van der Waals surface area contributed by atoms with Crippen molar-refractivity contribution in [3.63, 3.8) is 0 Å². The van der Waals surface area contributed by atoms with Crippen LogP contribution in [0.5, 0.6) is 0 Å². The first-order valence-electron chi connectivity index (χ1n) is 5.40. The average molecular weight is 376 g/mol. The predicted octanol–water partition coefficient (Wildman–Crippen LogP) is 5.41. The molecule has 0 nitrogen and oxygen atoms in total. The van der Waals surface area contributed by atoms with Gasteiger partial charge < -0.3 is 0 Å². The molecular weight excluding hydrogens is 366 g/mol. The molecule has 0 amide bonds. The summed E-state index contributed by atoms with van der Waals surface area (Å²) in [6.07, 6.45) is 0.533. The van der Waals surface area contributed by atoms with Gasteiger partial charge in [0.1, 0.15) is 11.6 Å². The summed E-state index contributed by atoms with van der Waals surface area (Å²) in [5, 5.41) is 0. The second kappa shape index (κ2) is 5.93. The highest BCUT2D eigenvalue weighted by Gasteiger charge is 2.17. The number of benzene rings is 2. The molecule has 0 saturated carbocycles. The van der Waals surface area contributed by atoms with Gasteiger partial charge in [0.2, 0.25) is 0 Å². The van der Waals surface area contributed by atoms with E-state index >= 15 is 0 Å². The van der Waals surface area contributed by atoms with Crippen molar-refractivity contribution in [3.8, 4) is 0 Å². The molecule has 0 bridgehead atoms. The summed E-state index contributed by atoms with van der Waals surface area (Å²) >= 11 is 6.70. The third-order valence-electron chi connectivity index (χ3n) is 2.64. The van der Waals surface area contributed by atoms with E-state index in [2.05, 4.69) is 31.9 Å². The maximum atomic E-state index is 13.6. The van der Waals surface area contributed by atoms with Crippen molar-refractivity contribution in [2.24, 2.45) is 0 Å². The van der Waals surface area contributed by atoms with Crippen molar-refractivity contribution < 1.29 is 8.78 Å². The van der Waals surface area contributed by atoms with Crippen LogP contribution in [0.25, 0.3) is 0 Å². The highest BCUT2D eigenvalue weighted by molar-refractivity contribution is 9.10. The van der Waals surface area contributed by atoms with Crippen LogP contribution in [0.1, 0.15) is 16.0 Å². The van der Waals surface area contributed by atoms with Crippen molar-refractivity contribution in [3.05, 3.63) is 69.7 Å². The van der Waals surface area contributed by atoms with Crippen LogP contribution in [-0.2, 0) is 6.42 Å². The lowest BCUT2D eigenvalue weighted by Crippen LogP contribution is -2.02. The van der Waals surface area contributed by atoms with Crippen molar-refractivity contribution in [1.82, 2.24) is 0 Å². The van der Waals surface area contributed by atoms with Gasteiger partial charge in [0, 0.05) is 14.9 Å². The van der Waals surface area contributed by atoms with Crippen molar-refractivity contribution in [1.29, 1.82) is 0 Å². The van der Waals surface area contributed by atoms with E-state index in [1.165, 1.54) is 18.2 Å². The van der Waals surface area contributed by atoms with Crippen LogP contribution < -0.4 is 0 Å². The van der Waals surface area contributed by atoms with Gasteiger partial charge in [-0.2, -0.15) is 0 Å². The zero-order valence-corrected chi connectivity index (χ0v) is 12.5. The highest BCUT2D eigenvalue weighted by Crippen LogP contribution is 2.31. The Hall–Kier alpha value is -0.740. The van der Waals surface area contributed by atoms with E-state index in [1.807, 2.05) is 24.3 Å². The quantitative estimate of drug-likeness (QED) is 0.629. The Morgan fingerprint density at radius 1 is 0.944 bits per heavy atom. The van der Waals surface area contributed by atoms with E-state index < -0.39 is 11.6 Å². The minimum absolute atomic E-state index is 0.0837. The van der Waals surface area contributed by atoms with Crippen LogP contribution in [0.3, 0.4) is 0 Å². The summed E-state index contributed by atoms with van der Waals surface area (Å²) < 4.78 is 28.2. The van der Waals surface area contributed by atoms with E-state index in [1.54, 1.807) is 0 Å². The Morgan fingerprint density at radius 3 is 2.06 bits per heavy atom. The van der Waals surface area contributed by atoms with Gasteiger partial charge in [-0.3, -0.25) is 0 Å². The van der Waals surface area contributed by atoms with Crippen LogP contribution in [0, 0.1) is 11.6 Å². The Kier molecular flexibility index (Phi) is 4.51. The SMILES string of the molecule is Fc1cccc(F)c1C(Br)Cc1ccc(Br)cc1. The molecule has 0 saturated heterocycles. The highest BCUT2D eigenvalue weighted by atomic mass is 79.9. The largest absolute Gasteiger partial charge is 0.207 e. The molecule has 18 heavy (non-hydrogen) atoms. The molecule has 1 unspecified atom stereocenters. The second-order valence-electron chi connectivity index (χ2n) is 3.93. The van der Waals surface area contributed by atoms with E-state index in [9.17, 15) is 8.78 Å². The molecule has 0 radical (unpaired) electrons. The molecule has 0 spiro atoms. The van der Waals surface area contributed by atoms with Gasteiger partial charge in [-0.15, -0.1) is 0 Å². The van der Waals surface area contributed by atoms with E-state index in [0.29, 0.717) is 6.42 Å². The standard InChI is InChI=1S/C14H10Br2F2/c15-10-6-4-9(5-7-10)8-11(16)14-12(17)2-1-3-13(14)18/h1-7,11H,8H2. The number of hydrogen-bond donors (Lipinski definition) is 0. The molecule has 2 rings (SSSR count). The molecule has 94 valence electrons. The fraction of sp³-hybridized carbons (Fsp3) is 0.143. The maximum absolute atomic E-state index is 13.6. The third-order valence-corrected chi connectivity index (χ3v) is 3.95. The van der Waals surface area contributed by atoms with E-state index in [-0.39, 0.29) is 10.4 Å². The second-order valence-corrected chi connectivity index (χ2v) is 5.95. The Morgan fingerprint density at radius 2 is 1.50 bits per heavy atom. The van der Waals surface area contributed by atoms with Gasteiger partial charge >= 0.3 is 0 Å². The van der Waals surface area contributed by atoms with Gasteiger partial charge in [-0.05, 0) is 36.2 Å². The summed E-state index contributed by atoms with van der Waals surface area (Å²) in [5.74, 6) is -1.04. The van der Waals surface area contributed by atoms with Gasteiger partial charge in [0.25, 0.3) is 0 Å². The van der Waals surface area contributed by atoms with E-state index in [0.717, 1.165) is 10.0 Å². The Labute approximate surface area is 121 Å². The molecule has 0 aliphatic rings. The normalized spacial score (nSPS) is 12.4. The van der Waals surface area contributed by atoms with Crippen LogP contribution in [0.15, 0.2) is 46.9 Å². The lowest BCUT2D eigenvalue weighted by molar-refractivity contribution is 0.553. The molecule has 2 aromatic carbocycles. The first-order valence-corrected chi connectivity index (χ1v) is 7.11. The fourth-order valence-corrected chi connectivity index (χ4v) is 2.81. The minimum Gasteiger partial charge on any atom is -0.207 e. The van der Waals surface area contributed by atoms with Crippen molar-refractivity contribution >= 4 is 31.9 Å². The topological polar surface area (TPSA) is 0 Å². The summed E-state index contributed by atoms with van der Waals surface area (Å²) in [6, 6.07) is 11.6.